The molecule has 1 N–H and O–H groups in total. The topological polar surface area (TPSA) is 55.4 Å². The van der Waals surface area contributed by atoms with Gasteiger partial charge in [-0.2, -0.15) is 0 Å². The minimum absolute atomic E-state index is 0.132. The van der Waals surface area contributed by atoms with E-state index < -0.39 is 17.4 Å². The number of rotatable bonds is 9. The zero-order valence-corrected chi connectivity index (χ0v) is 19.8. The van der Waals surface area contributed by atoms with Gasteiger partial charge in [-0.15, -0.1) is 0 Å². The third kappa shape index (κ3) is 5.49. The van der Waals surface area contributed by atoms with E-state index >= 15 is 0 Å². The lowest BCUT2D eigenvalue weighted by molar-refractivity contribution is -0.145. The van der Waals surface area contributed by atoms with Gasteiger partial charge in [0.1, 0.15) is 6.04 Å². The molecule has 1 amide bonds. The molecule has 4 aromatic carbocycles. The molecule has 1 atom stereocenters. The molecule has 0 aromatic heterocycles. The van der Waals surface area contributed by atoms with Crippen molar-refractivity contribution in [1.82, 2.24) is 5.32 Å². The summed E-state index contributed by atoms with van der Waals surface area (Å²) in [6, 6.07) is 39.0. The first kappa shape index (κ1) is 24.0. The summed E-state index contributed by atoms with van der Waals surface area (Å²) in [5.41, 5.74) is 3.23. The van der Waals surface area contributed by atoms with Gasteiger partial charge in [0.2, 0.25) is 5.91 Å². The molecule has 0 aliphatic heterocycles. The van der Waals surface area contributed by atoms with Gasteiger partial charge in [0.05, 0.1) is 12.5 Å². The monoisotopic (exact) mass is 463 g/mol. The van der Waals surface area contributed by atoms with Gasteiger partial charge in [0, 0.05) is 12.8 Å². The molecule has 0 radical (unpaired) electrons. The number of amides is 1. The maximum absolute atomic E-state index is 13.7. The van der Waals surface area contributed by atoms with Gasteiger partial charge >= 0.3 is 5.97 Å². The molecule has 0 heterocycles. The summed E-state index contributed by atoms with van der Waals surface area (Å²) in [5.74, 6) is -0.695. The lowest BCUT2D eigenvalue weighted by atomic mass is 9.67. The number of carbonyl (C=O) groups is 2. The number of nitrogens with one attached hydrogen (secondary N) is 1. The molecule has 0 saturated carbocycles. The highest BCUT2D eigenvalue weighted by Crippen LogP contribution is 2.42. The van der Waals surface area contributed by atoms with Crippen LogP contribution in [0.25, 0.3) is 0 Å². The molecule has 35 heavy (non-hydrogen) atoms. The summed E-state index contributed by atoms with van der Waals surface area (Å²) in [4.78, 5) is 26.3. The van der Waals surface area contributed by atoms with Gasteiger partial charge in [-0.3, -0.25) is 4.79 Å². The van der Waals surface area contributed by atoms with E-state index in [1.54, 1.807) is 0 Å². The normalized spacial score (nSPS) is 11.9. The summed E-state index contributed by atoms with van der Waals surface area (Å²) in [6.07, 6.45) is 0.488. The van der Waals surface area contributed by atoms with Crippen molar-refractivity contribution in [2.45, 2.75) is 24.3 Å². The molecule has 4 rings (SSSR count). The lowest BCUT2D eigenvalue weighted by Crippen LogP contribution is -2.46. The third-order valence-electron chi connectivity index (χ3n) is 6.33. The molecule has 0 bridgehead atoms. The van der Waals surface area contributed by atoms with Crippen LogP contribution >= 0.6 is 0 Å². The Labute approximate surface area is 206 Å². The lowest BCUT2D eigenvalue weighted by Gasteiger charge is -2.36. The zero-order chi connectivity index (χ0) is 24.5. The van der Waals surface area contributed by atoms with Crippen molar-refractivity contribution in [3.63, 3.8) is 0 Å². The van der Waals surface area contributed by atoms with E-state index in [0.717, 1.165) is 22.3 Å². The number of ether oxygens (including phenoxy) is 1. The van der Waals surface area contributed by atoms with Gasteiger partial charge < -0.3 is 10.1 Å². The molecule has 0 spiro atoms. The van der Waals surface area contributed by atoms with Crippen LogP contribution in [0.3, 0.4) is 0 Å². The third-order valence-corrected chi connectivity index (χ3v) is 6.33. The predicted octanol–water partition coefficient (Wildman–Crippen LogP) is 5.31. The van der Waals surface area contributed by atoms with Crippen LogP contribution in [-0.2, 0) is 26.2 Å². The minimum Gasteiger partial charge on any atom is -0.467 e. The number of benzene rings is 4. The smallest absolute Gasteiger partial charge is 0.328 e. The van der Waals surface area contributed by atoms with Crippen molar-refractivity contribution < 1.29 is 14.3 Å². The largest absolute Gasteiger partial charge is 0.467 e. The SMILES string of the molecule is COC(=O)[C@@H](Cc1ccccc1)NC(=O)CC(c1ccccc1)(c1ccccc1)c1ccccc1. The fourth-order valence-corrected chi connectivity index (χ4v) is 4.65. The maximum atomic E-state index is 13.7. The van der Waals surface area contributed by atoms with Crippen molar-refractivity contribution in [2.24, 2.45) is 0 Å². The number of hydrogen-bond donors (Lipinski definition) is 1. The molecule has 4 heteroatoms. The van der Waals surface area contributed by atoms with Crippen molar-refractivity contribution in [1.29, 1.82) is 0 Å². The summed E-state index contributed by atoms with van der Waals surface area (Å²) >= 11 is 0. The Kier molecular flexibility index (Phi) is 7.74. The Balaban J connectivity index is 1.74. The second-order valence-electron chi connectivity index (χ2n) is 8.51. The average Bonchev–Trinajstić information content (AvgIpc) is 2.93. The van der Waals surface area contributed by atoms with Crippen LogP contribution in [0.5, 0.6) is 0 Å². The van der Waals surface area contributed by atoms with E-state index in [0.29, 0.717) is 6.42 Å². The molecule has 0 aliphatic rings. The first-order valence-corrected chi connectivity index (χ1v) is 11.7. The predicted molar refractivity (Wildman–Crippen MR) is 138 cm³/mol. The molecule has 0 aliphatic carbocycles. The van der Waals surface area contributed by atoms with E-state index in [1.807, 2.05) is 84.9 Å². The molecule has 0 unspecified atom stereocenters. The van der Waals surface area contributed by atoms with Crippen molar-refractivity contribution >= 4 is 11.9 Å². The van der Waals surface area contributed by atoms with Gasteiger partial charge in [-0.25, -0.2) is 4.79 Å². The molecule has 4 nitrogen and oxygen atoms in total. The molecular weight excluding hydrogens is 434 g/mol. The fourth-order valence-electron chi connectivity index (χ4n) is 4.65. The minimum atomic E-state index is -0.782. The van der Waals surface area contributed by atoms with Gasteiger partial charge in [-0.05, 0) is 22.3 Å². The van der Waals surface area contributed by atoms with Crippen molar-refractivity contribution in [3.05, 3.63) is 144 Å². The van der Waals surface area contributed by atoms with Gasteiger partial charge in [0.25, 0.3) is 0 Å². The summed E-state index contributed by atoms with van der Waals surface area (Å²) in [5, 5.41) is 2.97. The van der Waals surface area contributed by atoms with E-state index in [9.17, 15) is 9.59 Å². The second-order valence-corrected chi connectivity index (χ2v) is 8.51. The zero-order valence-electron chi connectivity index (χ0n) is 19.8. The van der Waals surface area contributed by atoms with Crippen LogP contribution in [0.15, 0.2) is 121 Å². The van der Waals surface area contributed by atoms with Crippen LogP contribution in [0.4, 0.5) is 0 Å². The Hall–Kier alpha value is -4.18. The standard InChI is InChI=1S/C31H29NO3/c1-35-30(34)28(22-24-14-6-2-7-15-24)32-29(33)23-31(25-16-8-3-9-17-25,26-18-10-4-11-19-26)27-20-12-5-13-21-27/h2-21,28H,22-23H2,1H3,(H,32,33)/t28-/m1/s1. The fraction of sp³-hybridized carbons (Fsp3) is 0.161. The van der Waals surface area contributed by atoms with Crippen LogP contribution < -0.4 is 5.32 Å². The maximum Gasteiger partial charge on any atom is 0.328 e. The van der Waals surface area contributed by atoms with Crippen LogP contribution in [0.2, 0.25) is 0 Å². The first-order valence-electron chi connectivity index (χ1n) is 11.7. The molecular formula is C31H29NO3. The average molecular weight is 464 g/mol. The summed E-state index contributed by atoms with van der Waals surface area (Å²) in [7, 11) is 1.34. The Morgan fingerprint density at radius 2 is 1.09 bits per heavy atom. The number of esters is 1. The Morgan fingerprint density at radius 1 is 0.686 bits per heavy atom. The van der Waals surface area contributed by atoms with Gasteiger partial charge in [-0.1, -0.05) is 121 Å². The molecule has 176 valence electrons. The molecule has 4 aromatic rings. The first-order chi connectivity index (χ1) is 17.1. The van der Waals surface area contributed by atoms with E-state index in [2.05, 4.69) is 41.7 Å². The Morgan fingerprint density at radius 3 is 1.49 bits per heavy atom. The van der Waals surface area contributed by atoms with Crippen molar-refractivity contribution in [3.8, 4) is 0 Å². The number of hydrogen-bond acceptors (Lipinski definition) is 3. The van der Waals surface area contributed by atoms with Crippen LogP contribution in [0, 0.1) is 0 Å². The van der Waals surface area contributed by atoms with Gasteiger partial charge in [0.15, 0.2) is 0 Å². The van der Waals surface area contributed by atoms with E-state index in [4.69, 9.17) is 4.74 Å². The second kappa shape index (κ2) is 11.3. The number of methoxy groups -OCH3 is 1. The summed E-state index contributed by atoms with van der Waals surface area (Å²) in [6.45, 7) is 0. The van der Waals surface area contributed by atoms with Crippen LogP contribution in [0.1, 0.15) is 28.7 Å². The van der Waals surface area contributed by atoms with Crippen molar-refractivity contribution in [2.75, 3.05) is 7.11 Å². The summed E-state index contributed by atoms with van der Waals surface area (Å²) < 4.78 is 5.02. The quantitative estimate of drug-likeness (QED) is 0.270. The number of carbonyl (C=O) groups excluding carboxylic acids is 2. The molecule has 0 fully saturated rings. The van der Waals surface area contributed by atoms with E-state index in [1.165, 1.54) is 7.11 Å². The molecule has 0 saturated heterocycles. The van der Waals surface area contributed by atoms with E-state index in [-0.39, 0.29) is 12.3 Å². The highest BCUT2D eigenvalue weighted by Gasteiger charge is 2.39. The highest BCUT2D eigenvalue weighted by molar-refractivity contribution is 5.86. The Bertz CT molecular complexity index is 1130. The highest BCUT2D eigenvalue weighted by atomic mass is 16.5. The van der Waals surface area contributed by atoms with Crippen LogP contribution in [-0.4, -0.2) is 25.0 Å².